The fourth-order valence-electron chi connectivity index (χ4n) is 1.90. The van der Waals surface area contributed by atoms with Gasteiger partial charge in [0.1, 0.15) is 10.6 Å². The summed E-state index contributed by atoms with van der Waals surface area (Å²) in [6.45, 7) is 6.38. The molecular weight excluding hydrogens is 262 g/mol. The first kappa shape index (κ1) is 16.0. The minimum Gasteiger partial charge on any atom is -0.507 e. The third-order valence-corrected chi connectivity index (χ3v) is 5.33. The van der Waals surface area contributed by atoms with Crippen molar-refractivity contribution in [2.24, 2.45) is 0 Å². The third-order valence-electron chi connectivity index (χ3n) is 3.27. The fourth-order valence-corrected chi connectivity index (χ4v) is 3.72. The van der Waals surface area contributed by atoms with Crippen molar-refractivity contribution in [1.29, 1.82) is 0 Å². The lowest BCUT2D eigenvalue weighted by atomic mass is 10.2. The topological polar surface area (TPSA) is 57.6 Å². The molecule has 1 unspecified atom stereocenters. The minimum absolute atomic E-state index is 0.00796. The Hall–Kier alpha value is -1.07. The number of aromatic hydroxyl groups is 1. The number of phenols is 1. The van der Waals surface area contributed by atoms with E-state index in [0.717, 1.165) is 19.3 Å². The first-order valence-electron chi connectivity index (χ1n) is 6.75. The average Bonchev–Trinajstić information content (AvgIpc) is 2.38. The van der Waals surface area contributed by atoms with Gasteiger partial charge >= 0.3 is 0 Å². The van der Waals surface area contributed by atoms with Gasteiger partial charge in [0.2, 0.25) is 10.0 Å². The van der Waals surface area contributed by atoms with Crippen molar-refractivity contribution < 1.29 is 13.5 Å². The van der Waals surface area contributed by atoms with Crippen LogP contribution in [0.3, 0.4) is 0 Å². The molecule has 4 nitrogen and oxygen atoms in total. The van der Waals surface area contributed by atoms with Crippen LogP contribution < -0.4 is 0 Å². The van der Waals surface area contributed by atoms with E-state index in [1.165, 1.54) is 16.4 Å². The molecule has 1 N–H and O–H groups in total. The van der Waals surface area contributed by atoms with E-state index >= 15 is 0 Å². The van der Waals surface area contributed by atoms with Crippen molar-refractivity contribution in [3.8, 4) is 5.75 Å². The fraction of sp³-hybridized carbons (Fsp3) is 0.571. The summed E-state index contributed by atoms with van der Waals surface area (Å²) >= 11 is 0. The van der Waals surface area contributed by atoms with Gasteiger partial charge in [0, 0.05) is 12.6 Å². The summed E-state index contributed by atoms with van der Waals surface area (Å²) < 4.78 is 26.7. The molecule has 0 saturated carbocycles. The van der Waals surface area contributed by atoms with Crippen molar-refractivity contribution >= 4 is 10.0 Å². The van der Waals surface area contributed by atoms with Gasteiger partial charge in [-0.05, 0) is 31.9 Å². The molecule has 0 spiro atoms. The van der Waals surface area contributed by atoms with Crippen LogP contribution in [0.2, 0.25) is 0 Å². The lowest BCUT2D eigenvalue weighted by Gasteiger charge is -2.27. The van der Waals surface area contributed by atoms with Gasteiger partial charge in [-0.2, -0.15) is 4.31 Å². The SMILES string of the molecule is CCCCN(C(C)CC)S(=O)(=O)c1ccccc1O. The number of sulfonamides is 1. The zero-order valence-corrected chi connectivity index (χ0v) is 12.7. The van der Waals surface area contributed by atoms with Gasteiger partial charge in [0.15, 0.2) is 0 Å². The molecule has 0 aliphatic rings. The number of hydrogen-bond donors (Lipinski definition) is 1. The van der Waals surface area contributed by atoms with E-state index in [4.69, 9.17) is 0 Å². The predicted molar refractivity (Wildman–Crippen MR) is 76.7 cm³/mol. The molecule has 0 aliphatic carbocycles. The van der Waals surface area contributed by atoms with Crippen LogP contribution in [0.5, 0.6) is 5.75 Å². The van der Waals surface area contributed by atoms with Crippen LogP contribution in [-0.4, -0.2) is 30.4 Å². The zero-order chi connectivity index (χ0) is 14.5. The number of para-hydroxylation sites is 1. The summed E-state index contributed by atoms with van der Waals surface area (Å²) in [4.78, 5) is -0.00796. The lowest BCUT2D eigenvalue weighted by molar-refractivity contribution is 0.322. The maximum atomic E-state index is 12.6. The molecule has 1 rings (SSSR count). The Bertz CT molecular complexity index is 499. The standard InChI is InChI=1S/C14H23NO3S/c1-4-6-11-15(12(3)5-2)19(17,18)14-10-8-7-9-13(14)16/h7-10,12,16H,4-6,11H2,1-3H3. The van der Waals surface area contributed by atoms with Gasteiger partial charge in [-0.15, -0.1) is 0 Å². The maximum Gasteiger partial charge on any atom is 0.246 e. The van der Waals surface area contributed by atoms with Gasteiger partial charge in [-0.25, -0.2) is 8.42 Å². The zero-order valence-electron chi connectivity index (χ0n) is 11.8. The number of phenolic OH excluding ortho intramolecular Hbond substituents is 1. The van der Waals surface area contributed by atoms with Crippen LogP contribution in [0.4, 0.5) is 0 Å². The summed E-state index contributed by atoms with van der Waals surface area (Å²) in [5.74, 6) is -0.188. The number of hydrogen-bond acceptors (Lipinski definition) is 3. The van der Waals surface area contributed by atoms with E-state index in [1.54, 1.807) is 12.1 Å². The van der Waals surface area contributed by atoms with Crippen LogP contribution in [-0.2, 0) is 10.0 Å². The van der Waals surface area contributed by atoms with Crippen LogP contribution >= 0.6 is 0 Å². The molecule has 108 valence electrons. The monoisotopic (exact) mass is 285 g/mol. The quantitative estimate of drug-likeness (QED) is 0.838. The van der Waals surface area contributed by atoms with Gasteiger partial charge in [0.25, 0.3) is 0 Å². The first-order valence-corrected chi connectivity index (χ1v) is 8.19. The highest BCUT2D eigenvalue weighted by Crippen LogP contribution is 2.27. The Morgan fingerprint density at radius 1 is 1.26 bits per heavy atom. The van der Waals surface area contributed by atoms with E-state index in [2.05, 4.69) is 0 Å². The van der Waals surface area contributed by atoms with E-state index in [1.807, 2.05) is 20.8 Å². The highest BCUT2D eigenvalue weighted by molar-refractivity contribution is 7.89. The highest BCUT2D eigenvalue weighted by Gasteiger charge is 2.29. The molecule has 0 fully saturated rings. The van der Waals surface area contributed by atoms with E-state index in [9.17, 15) is 13.5 Å². The number of rotatable bonds is 7. The number of benzene rings is 1. The van der Waals surface area contributed by atoms with Crippen molar-refractivity contribution in [3.63, 3.8) is 0 Å². The molecule has 0 aliphatic heterocycles. The average molecular weight is 285 g/mol. The van der Waals surface area contributed by atoms with Crippen molar-refractivity contribution in [3.05, 3.63) is 24.3 Å². The normalized spacial score (nSPS) is 13.7. The molecule has 0 aromatic heterocycles. The first-order chi connectivity index (χ1) is 8.95. The largest absolute Gasteiger partial charge is 0.507 e. The Morgan fingerprint density at radius 3 is 2.42 bits per heavy atom. The molecule has 1 atom stereocenters. The summed E-state index contributed by atoms with van der Waals surface area (Å²) in [5, 5.41) is 9.77. The molecule has 0 amide bonds. The van der Waals surface area contributed by atoms with Crippen LogP contribution in [0, 0.1) is 0 Å². The predicted octanol–water partition coefficient (Wildman–Crippen LogP) is 2.98. The Kier molecular flexibility index (Phi) is 5.82. The van der Waals surface area contributed by atoms with Crippen LogP contribution in [0.15, 0.2) is 29.2 Å². The van der Waals surface area contributed by atoms with E-state index in [0.29, 0.717) is 6.54 Å². The molecule has 0 saturated heterocycles. The Labute approximate surface area is 116 Å². The molecule has 1 aromatic rings. The van der Waals surface area contributed by atoms with Crippen molar-refractivity contribution in [2.45, 2.75) is 51.0 Å². The Morgan fingerprint density at radius 2 is 1.89 bits per heavy atom. The summed E-state index contributed by atoms with van der Waals surface area (Å²) in [6, 6.07) is 6.03. The minimum atomic E-state index is -3.63. The molecular formula is C14H23NO3S. The summed E-state index contributed by atoms with van der Waals surface area (Å²) in [7, 11) is -3.63. The maximum absolute atomic E-state index is 12.6. The Balaban J connectivity index is 3.16. The highest BCUT2D eigenvalue weighted by atomic mass is 32.2. The molecule has 19 heavy (non-hydrogen) atoms. The number of unbranched alkanes of at least 4 members (excludes halogenated alkanes) is 1. The molecule has 0 bridgehead atoms. The van der Waals surface area contributed by atoms with E-state index in [-0.39, 0.29) is 16.7 Å². The summed E-state index contributed by atoms with van der Waals surface area (Å²) in [6.07, 6.45) is 2.50. The lowest BCUT2D eigenvalue weighted by Crippen LogP contribution is -2.39. The van der Waals surface area contributed by atoms with Gasteiger partial charge in [-0.3, -0.25) is 0 Å². The van der Waals surface area contributed by atoms with Crippen molar-refractivity contribution in [1.82, 2.24) is 4.31 Å². The van der Waals surface area contributed by atoms with Gasteiger partial charge in [-0.1, -0.05) is 32.4 Å². The second-order valence-corrected chi connectivity index (χ2v) is 6.55. The van der Waals surface area contributed by atoms with Gasteiger partial charge < -0.3 is 5.11 Å². The van der Waals surface area contributed by atoms with Crippen LogP contribution in [0.25, 0.3) is 0 Å². The molecule has 1 aromatic carbocycles. The second-order valence-electron chi connectivity index (χ2n) is 4.69. The molecule has 5 heteroatoms. The summed E-state index contributed by atoms with van der Waals surface area (Å²) in [5.41, 5.74) is 0. The van der Waals surface area contributed by atoms with Crippen molar-refractivity contribution in [2.75, 3.05) is 6.54 Å². The molecule has 0 radical (unpaired) electrons. The second kappa shape index (κ2) is 6.91. The van der Waals surface area contributed by atoms with E-state index < -0.39 is 10.0 Å². The smallest absolute Gasteiger partial charge is 0.246 e. The molecule has 0 heterocycles. The van der Waals surface area contributed by atoms with Gasteiger partial charge in [0.05, 0.1) is 0 Å². The van der Waals surface area contributed by atoms with Crippen LogP contribution in [0.1, 0.15) is 40.0 Å². The third kappa shape index (κ3) is 3.70. The number of nitrogens with zero attached hydrogens (tertiary/aromatic N) is 1.